The summed E-state index contributed by atoms with van der Waals surface area (Å²) in [6.07, 6.45) is 1.55. The van der Waals surface area contributed by atoms with Crippen LogP contribution in [0.3, 0.4) is 0 Å². The van der Waals surface area contributed by atoms with Gasteiger partial charge in [0.05, 0.1) is 19.3 Å². The van der Waals surface area contributed by atoms with Crippen LogP contribution >= 0.6 is 11.3 Å². The summed E-state index contributed by atoms with van der Waals surface area (Å²) < 4.78 is 15.7. The number of nitrogens with one attached hydrogen (secondary N) is 1. The van der Waals surface area contributed by atoms with Crippen LogP contribution in [-0.4, -0.2) is 48.5 Å². The number of hydrogen-bond donors (Lipinski definition) is 1. The summed E-state index contributed by atoms with van der Waals surface area (Å²) in [4.78, 5) is 17.1. The molecule has 9 heteroatoms. The molecule has 0 spiro atoms. The van der Waals surface area contributed by atoms with E-state index in [1.54, 1.807) is 13.3 Å². The van der Waals surface area contributed by atoms with Gasteiger partial charge in [-0.15, -0.1) is 5.10 Å². The molecule has 1 aromatic carbocycles. The van der Waals surface area contributed by atoms with Gasteiger partial charge in [-0.25, -0.2) is 0 Å². The van der Waals surface area contributed by atoms with Crippen molar-refractivity contribution in [1.29, 1.82) is 0 Å². The van der Waals surface area contributed by atoms with Crippen molar-refractivity contribution in [1.82, 2.24) is 15.2 Å². The number of ether oxygens (including phenoxy) is 3. The van der Waals surface area contributed by atoms with Gasteiger partial charge >= 0.3 is 0 Å². The van der Waals surface area contributed by atoms with E-state index < -0.39 is 0 Å². The maximum atomic E-state index is 12.8. The average Bonchev–Trinajstić information content (AvgIpc) is 3.16. The summed E-state index contributed by atoms with van der Waals surface area (Å²) in [6.45, 7) is 2.82. The summed E-state index contributed by atoms with van der Waals surface area (Å²) in [5.41, 5.74) is 2.82. The number of carbonyl (C=O) groups is 1. The van der Waals surface area contributed by atoms with E-state index in [1.807, 2.05) is 37.3 Å². The lowest BCUT2D eigenvalue weighted by Crippen LogP contribution is -2.14. The number of pyridine rings is 1. The Kier molecular flexibility index (Phi) is 6.51. The van der Waals surface area contributed by atoms with Crippen LogP contribution in [0.1, 0.15) is 16.1 Å². The van der Waals surface area contributed by atoms with E-state index in [0.29, 0.717) is 34.9 Å². The van der Waals surface area contributed by atoms with E-state index in [2.05, 4.69) is 20.5 Å². The smallest absolute Gasteiger partial charge is 0.295 e. The molecule has 2 aromatic heterocycles. The fraction of sp³-hybridized carbons (Fsp3) is 0.263. The fourth-order valence-electron chi connectivity index (χ4n) is 2.48. The van der Waals surface area contributed by atoms with E-state index in [1.165, 1.54) is 7.11 Å². The average molecular weight is 400 g/mol. The third-order valence-electron chi connectivity index (χ3n) is 3.79. The summed E-state index contributed by atoms with van der Waals surface area (Å²) in [7, 11) is 3.12. The number of aromatic nitrogens is 3. The Morgan fingerprint density at radius 1 is 1.18 bits per heavy atom. The predicted molar refractivity (Wildman–Crippen MR) is 106 cm³/mol. The van der Waals surface area contributed by atoms with Crippen molar-refractivity contribution in [3.63, 3.8) is 0 Å². The normalized spacial score (nSPS) is 10.5. The largest absolute Gasteiger partial charge is 0.491 e. The van der Waals surface area contributed by atoms with Gasteiger partial charge in [-0.2, -0.15) is 0 Å². The first-order valence-corrected chi connectivity index (χ1v) is 9.30. The van der Waals surface area contributed by atoms with Gasteiger partial charge < -0.3 is 14.2 Å². The Hall–Kier alpha value is -3.04. The van der Waals surface area contributed by atoms with E-state index in [-0.39, 0.29) is 5.91 Å². The van der Waals surface area contributed by atoms with Crippen LogP contribution in [0.25, 0.3) is 11.1 Å². The molecule has 0 aliphatic carbocycles. The highest BCUT2D eigenvalue weighted by atomic mass is 32.1. The number of hydrogen-bond acceptors (Lipinski definition) is 8. The molecule has 0 fully saturated rings. The van der Waals surface area contributed by atoms with Crippen LogP contribution in [0, 0.1) is 6.92 Å². The van der Waals surface area contributed by atoms with Gasteiger partial charge in [-0.05, 0) is 47.6 Å². The highest BCUT2D eigenvalue weighted by molar-refractivity contribution is 7.17. The van der Waals surface area contributed by atoms with E-state index in [4.69, 9.17) is 14.2 Å². The van der Waals surface area contributed by atoms with E-state index >= 15 is 0 Å². The van der Waals surface area contributed by atoms with Crippen molar-refractivity contribution >= 4 is 22.4 Å². The molecule has 0 radical (unpaired) electrons. The van der Waals surface area contributed by atoms with Crippen molar-refractivity contribution in [3.05, 3.63) is 47.8 Å². The Morgan fingerprint density at radius 2 is 2.04 bits per heavy atom. The Balaban J connectivity index is 1.88. The molecule has 3 rings (SSSR count). The second-order valence-electron chi connectivity index (χ2n) is 5.77. The lowest BCUT2D eigenvalue weighted by atomic mass is 10.00. The molecule has 1 N–H and O–H groups in total. The zero-order valence-corrected chi connectivity index (χ0v) is 16.6. The number of rotatable bonds is 8. The summed E-state index contributed by atoms with van der Waals surface area (Å²) in [6, 6.07) is 9.41. The molecule has 0 atom stereocenters. The number of anilines is 1. The molecule has 0 bridgehead atoms. The first kappa shape index (κ1) is 19.7. The number of nitrogens with zero attached hydrogens (tertiary/aromatic N) is 3. The van der Waals surface area contributed by atoms with E-state index in [9.17, 15) is 4.79 Å². The van der Waals surface area contributed by atoms with Crippen molar-refractivity contribution in [2.45, 2.75) is 6.92 Å². The molecule has 0 unspecified atom stereocenters. The number of benzene rings is 1. The summed E-state index contributed by atoms with van der Waals surface area (Å²) >= 11 is 1.15. The van der Waals surface area contributed by atoms with Gasteiger partial charge in [-0.1, -0.05) is 17.2 Å². The minimum atomic E-state index is -0.327. The number of aryl methyl sites for hydroxylation is 1. The fourth-order valence-corrected chi connectivity index (χ4v) is 3.04. The van der Waals surface area contributed by atoms with Crippen LogP contribution in [0.5, 0.6) is 10.9 Å². The number of carbonyl (C=O) groups excluding carboxylic acids is 1. The summed E-state index contributed by atoms with van der Waals surface area (Å²) in [5.74, 6) is 0.372. The Bertz CT molecular complexity index is 961. The highest BCUT2D eigenvalue weighted by Crippen LogP contribution is 2.29. The van der Waals surface area contributed by atoms with Crippen LogP contribution in [-0.2, 0) is 4.74 Å². The van der Waals surface area contributed by atoms with Crippen LogP contribution in [0.15, 0.2) is 36.5 Å². The van der Waals surface area contributed by atoms with Gasteiger partial charge in [0.1, 0.15) is 12.4 Å². The molecule has 0 aliphatic heterocycles. The maximum Gasteiger partial charge on any atom is 0.295 e. The molecule has 28 heavy (non-hydrogen) atoms. The molecule has 0 saturated carbocycles. The second kappa shape index (κ2) is 9.25. The standard InChI is InChI=1S/C19H20N4O4S/c1-12-9-15(13-5-4-6-14(10-13)27-8-7-25-2)16(11-20-12)17(24)21-18-22-23-19(26-3)28-18/h4-6,9-11H,7-8H2,1-3H3,(H,21,22,24). The molecule has 1 amide bonds. The summed E-state index contributed by atoms with van der Waals surface area (Å²) in [5, 5.41) is 11.2. The second-order valence-corrected chi connectivity index (χ2v) is 6.71. The van der Waals surface area contributed by atoms with Crippen LogP contribution < -0.4 is 14.8 Å². The van der Waals surface area contributed by atoms with Gasteiger partial charge in [0, 0.05) is 19.0 Å². The van der Waals surface area contributed by atoms with Gasteiger partial charge in [-0.3, -0.25) is 15.1 Å². The molecule has 146 valence electrons. The third kappa shape index (κ3) is 4.81. The van der Waals surface area contributed by atoms with Gasteiger partial charge in [0.25, 0.3) is 11.1 Å². The maximum absolute atomic E-state index is 12.8. The van der Waals surface area contributed by atoms with Crippen molar-refractivity contribution in [2.24, 2.45) is 0 Å². The lowest BCUT2D eigenvalue weighted by Gasteiger charge is -2.12. The molecule has 2 heterocycles. The predicted octanol–water partition coefficient (Wildman–Crippen LogP) is 3.19. The third-order valence-corrected chi connectivity index (χ3v) is 4.59. The van der Waals surface area contributed by atoms with Crippen molar-refractivity contribution < 1.29 is 19.0 Å². The first-order valence-electron chi connectivity index (χ1n) is 8.48. The number of methoxy groups -OCH3 is 2. The van der Waals surface area contributed by atoms with Crippen molar-refractivity contribution in [2.75, 3.05) is 32.8 Å². The molecule has 8 nitrogen and oxygen atoms in total. The minimum Gasteiger partial charge on any atom is -0.491 e. The minimum absolute atomic E-state index is 0.327. The monoisotopic (exact) mass is 400 g/mol. The molecule has 0 aliphatic rings. The topological polar surface area (TPSA) is 95.5 Å². The molecular formula is C19H20N4O4S. The zero-order chi connectivity index (χ0) is 19.9. The number of amides is 1. The highest BCUT2D eigenvalue weighted by Gasteiger charge is 2.17. The van der Waals surface area contributed by atoms with Gasteiger partial charge in [0.15, 0.2) is 0 Å². The Morgan fingerprint density at radius 3 is 2.79 bits per heavy atom. The van der Waals surface area contributed by atoms with Crippen LogP contribution in [0.4, 0.5) is 5.13 Å². The zero-order valence-electron chi connectivity index (χ0n) is 15.8. The Labute approximate surface area is 166 Å². The quantitative estimate of drug-likeness (QED) is 0.580. The lowest BCUT2D eigenvalue weighted by molar-refractivity contribution is 0.102. The van der Waals surface area contributed by atoms with E-state index in [0.717, 1.165) is 28.2 Å². The van der Waals surface area contributed by atoms with Crippen molar-refractivity contribution in [3.8, 4) is 22.1 Å². The van der Waals surface area contributed by atoms with Crippen LogP contribution in [0.2, 0.25) is 0 Å². The van der Waals surface area contributed by atoms with Gasteiger partial charge in [0.2, 0.25) is 5.13 Å². The SMILES string of the molecule is COCCOc1cccc(-c2cc(C)ncc2C(=O)Nc2nnc(OC)s2)c1. The molecule has 0 saturated heterocycles. The first-order chi connectivity index (χ1) is 13.6. The molecular weight excluding hydrogens is 380 g/mol. The molecule has 3 aromatic rings.